The fourth-order valence-corrected chi connectivity index (χ4v) is 4.66. The van der Waals surface area contributed by atoms with Gasteiger partial charge in [0.1, 0.15) is 28.1 Å². The first kappa shape index (κ1) is 29.7. The van der Waals surface area contributed by atoms with Crippen molar-refractivity contribution in [3.05, 3.63) is 33.5 Å². The van der Waals surface area contributed by atoms with Gasteiger partial charge in [0.15, 0.2) is 11.5 Å². The highest BCUT2D eigenvalue weighted by molar-refractivity contribution is 5.97. The minimum Gasteiger partial charge on any atom is -0.507 e. The summed E-state index contributed by atoms with van der Waals surface area (Å²) in [6.45, 7) is 13.9. The molecule has 38 heavy (non-hydrogen) atoms. The highest BCUT2D eigenvalue weighted by atomic mass is 16.5. The SMILES string of the molecule is CCCCOc1cc2oc3cc(OCCCC)c(OC)c(CCC(C)C)c3c(=O)c2c(O)c1CCC(C)C. The van der Waals surface area contributed by atoms with Crippen molar-refractivity contribution in [3.8, 4) is 23.0 Å². The fourth-order valence-electron chi connectivity index (χ4n) is 4.66. The maximum atomic E-state index is 14.1. The molecular formula is C32H46O6. The molecule has 0 atom stereocenters. The van der Waals surface area contributed by atoms with E-state index in [9.17, 15) is 9.90 Å². The van der Waals surface area contributed by atoms with Crippen LogP contribution in [0.25, 0.3) is 21.9 Å². The lowest BCUT2D eigenvalue weighted by atomic mass is 9.95. The summed E-state index contributed by atoms with van der Waals surface area (Å²) >= 11 is 0. The van der Waals surface area contributed by atoms with E-state index in [4.69, 9.17) is 18.6 Å². The number of ether oxygens (including phenoxy) is 3. The molecule has 210 valence electrons. The van der Waals surface area contributed by atoms with Gasteiger partial charge in [-0.25, -0.2) is 0 Å². The fraction of sp³-hybridized carbons (Fsp3) is 0.594. The Morgan fingerprint density at radius 3 is 1.89 bits per heavy atom. The van der Waals surface area contributed by atoms with Crippen molar-refractivity contribution in [2.45, 2.75) is 92.9 Å². The number of fused-ring (bicyclic) bond motifs is 2. The molecule has 0 amide bonds. The Bertz CT molecular complexity index is 1270. The number of rotatable bonds is 15. The molecule has 0 aliphatic heterocycles. The molecule has 1 heterocycles. The van der Waals surface area contributed by atoms with Gasteiger partial charge in [0, 0.05) is 23.3 Å². The van der Waals surface area contributed by atoms with Crippen molar-refractivity contribution in [1.82, 2.24) is 0 Å². The van der Waals surface area contributed by atoms with E-state index < -0.39 is 0 Å². The third-order valence-electron chi connectivity index (χ3n) is 6.97. The molecule has 0 spiro atoms. The Kier molecular flexibility index (Phi) is 10.7. The van der Waals surface area contributed by atoms with Gasteiger partial charge in [-0.15, -0.1) is 0 Å². The van der Waals surface area contributed by atoms with Crippen LogP contribution >= 0.6 is 0 Å². The largest absolute Gasteiger partial charge is 0.507 e. The molecule has 6 heteroatoms. The van der Waals surface area contributed by atoms with Crippen LogP contribution in [-0.2, 0) is 12.8 Å². The molecule has 6 nitrogen and oxygen atoms in total. The van der Waals surface area contributed by atoms with Gasteiger partial charge in [-0.2, -0.15) is 0 Å². The first-order valence-corrected chi connectivity index (χ1v) is 14.3. The smallest absolute Gasteiger partial charge is 0.204 e. The van der Waals surface area contributed by atoms with Crippen LogP contribution < -0.4 is 19.6 Å². The van der Waals surface area contributed by atoms with Crippen LogP contribution in [0.1, 0.15) is 91.2 Å². The number of methoxy groups -OCH3 is 1. The van der Waals surface area contributed by atoms with Gasteiger partial charge in [-0.3, -0.25) is 4.79 Å². The summed E-state index contributed by atoms with van der Waals surface area (Å²) in [4.78, 5) is 14.1. The Labute approximate surface area is 227 Å². The Balaban J connectivity index is 2.32. The van der Waals surface area contributed by atoms with Gasteiger partial charge in [-0.1, -0.05) is 54.4 Å². The molecule has 0 aliphatic rings. The van der Waals surface area contributed by atoms with Crippen LogP contribution in [0.4, 0.5) is 0 Å². The average Bonchev–Trinajstić information content (AvgIpc) is 2.86. The van der Waals surface area contributed by atoms with E-state index in [0.717, 1.165) is 44.1 Å². The number of unbranched alkanes of at least 4 members (excludes halogenated alkanes) is 2. The topological polar surface area (TPSA) is 78.1 Å². The molecule has 0 radical (unpaired) electrons. The lowest BCUT2D eigenvalue weighted by molar-refractivity contribution is 0.287. The van der Waals surface area contributed by atoms with Gasteiger partial charge in [-0.05, 0) is 50.4 Å². The number of benzene rings is 2. The second kappa shape index (κ2) is 13.8. The molecule has 0 saturated heterocycles. The van der Waals surface area contributed by atoms with Crippen LogP contribution in [-0.4, -0.2) is 25.4 Å². The summed E-state index contributed by atoms with van der Waals surface area (Å²) in [7, 11) is 1.61. The van der Waals surface area contributed by atoms with E-state index in [-0.39, 0.29) is 16.6 Å². The third-order valence-corrected chi connectivity index (χ3v) is 6.97. The minimum atomic E-state index is -0.248. The Morgan fingerprint density at radius 2 is 1.34 bits per heavy atom. The zero-order valence-electron chi connectivity index (χ0n) is 24.4. The van der Waals surface area contributed by atoms with Crippen LogP contribution in [0, 0.1) is 11.8 Å². The van der Waals surface area contributed by atoms with Crippen molar-refractivity contribution in [3.63, 3.8) is 0 Å². The maximum absolute atomic E-state index is 14.1. The van der Waals surface area contributed by atoms with E-state index >= 15 is 0 Å². The number of hydrogen-bond donors (Lipinski definition) is 1. The van der Waals surface area contributed by atoms with E-state index in [1.807, 2.05) is 0 Å². The first-order chi connectivity index (χ1) is 18.2. The first-order valence-electron chi connectivity index (χ1n) is 14.3. The molecule has 2 aromatic carbocycles. The third kappa shape index (κ3) is 6.75. The Hall–Kier alpha value is -2.89. The van der Waals surface area contributed by atoms with E-state index in [1.54, 1.807) is 19.2 Å². The molecule has 3 aromatic rings. The van der Waals surface area contributed by atoms with Crippen molar-refractivity contribution in [2.24, 2.45) is 11.8 Å². The van der Waals surface area contributed by atoms with Crippen LogP contribution in [0.2, 0.25) is 0 Å². The Morgan fingerprint density at radius 1 is 0.816 bits per heavy atom. The van der Waals surface area contributed by atoms with Crippen LogP contribution in [0.3, 0.4) is 0 Å². The molecule has 0 fully saturated rings. The van der Waals surface area contributed by atoms with Crippen molar-refractivity contribution in [1.29, 1.82) is 0 Å². The molecule has 1 N–H and O–H groups in total. The number of aryl methyl sites for hydroxylation is 1. The average molecular weight is 527 g/mol. The van der Waals surface area contributed by atoms with Gasteiger partial charge in [0.05, 0.1) is 25.7 Å². The highest BCUT2D eigenvalue weighted by Gasteiger charge is 2.25. The molecule has 3 rings (SSSR count). The summed E-state index contributed by atoms with van der Waals surface area (Å²) < 4.78 is 24.4. The second-order valence-corrected chi connectivity index (χ2v) is 11.0. The molecule has 0 bridgehead atoms. The molecule has 0 unspecified atom stereocenters. The zero-order chi connectivity index (χ0) is 27.8. The zero-order valence-corrected chi connectivity index (χ0v) is 24.4. The summed E-state index contributed by atoms with van der Waals surface area (Å²) in [5.74, 6) is 2.57. The predicted molar refractivity (Wildman–Crippen MR) is 155 cm³/mol. The lowest BCUT2D eigenvalue weighted by Crippen LogP contribution is -2.11. The van der Waals surface area contributed by atoms with E-state index in [2.05, 4.69) is 41.5 Å². The van der Waals surface area contributed by atoms with Crippen molar-refractivity contribution >= 4 is 21.9 Å². The second-order valence-electron chi connectivity index (χ2n) is 11.0. The standard InChI is InChI=1S/C32H46O6/c1-8-10-16-36-24-18-26-29(30(33)22(24)14-12-20(3)4)31(34)28-23(15-13-21(5)6)32(35-7)27(19-25(28)38-26)37-17-11-9-2/h18-21,33H,8-17H2,1-7H3. The molecule has 0 saturated carbocycles. The van der Waals surface area contributed by atoms with Crippen LogP contribution in [0.15, 0.2) is 21.3 Å². The number of aromatic hydroxyl groups is 1. The van der Waals surface area contributed by atoms with Gasteiger partial charge in [0.2, 0.25) is 5.43 Å². The van der Waals surface area contributed by atoms with Gasteiger partial charge >= 0.3 is 0 Å². The predicted octanol–water partition coefficient (Wildman–Crippen LogP) is 8.20. The monoisotopic (exact) mass is 526 g/mol. The normalized spacial score (nSPS) is 11.7. The number of hydrogen-bond acceptors (Lipinski definition) is 6. The van der Waals surface area contributed by atoms with Crippen LogP contribution in [0.5, 0.6) is 23.0 Å². The van der Waals surface area contributed by atoms with E-state index in [0.29, 0.717) is 77.3 Å². The van der Waals surface area contributed by atoms with Gasteiger partial charge in [0.25, 0.3) is 0 Å². The molecule has 1 aromatic heterocycles. The molecule has 0 aliphatic carbocycles. The quantitative estimate of drug-likeness (QED) is 0.159. The highest BCUT2D eigenvalue weighted by Crippen LogP contribution is 2.42. The van der Waals surface area contributed by atoms with E-state index in [1.165, 1.54) is 0 Å². The minimum absolute atomic E-state index is 0.0395. The van der Waals surface area contributed by atoms with Crippen molar-refractivity contribution < 1.29 is 23.7 Å². The van der Waals surface area contributed by atoms with Gasteiger partial charge < -0.3 is 23.7 Å². The van der Waals surface area contributed by atoms with Crippen molar-refractivity contribution in [2.75, 3.05) is 20.3 Å². The molecular weight excluding hydrogens is 480 g/mol. The number of phenols is 1. The summed E-state index contributed by atoms with van der Waals surface area (Å²) in [6, 6.07) is 3.53. The summed E-state index contributed by atoms with van der Waals surface area (Å²) in [5.41, 5.74) is 1.94. The summed E-state index contributed by atoms with van der Waals surface area (Å²) in [6.07, 6.45) is 6.82. The number of phenolic OH excluding ortho intramolecular Hbond substituents is 1. The maximum Gasteiger partial charge on any atom is 0.204 e. The summed E-state index contributed by atoms with van der Waals surface area (Å²) in [5, 5.41) is 12.1. The lowest BCUT2D eigenvalue weighted by Gasteiger charge is -2.19.